The molecule has 0 radical (unpaired) electrons. The Hall–Kier alpha value is -4.45. The van der Waals surface area contributed by atoms with E-state index in [1.54, 1.807) is 30.0 Å². The highest BCUT2D eigenvalue weighted by molar-refractivity contribution is 6.12. The van der Waals surface area contributed by atoms with E-state index in [1.807, 2.05) is 61.5 Å². The van der Waals surface area contributed by atoms with Crippen molar-refractivity contribution in [3.8, 4) is 28.4 Å². The summed E-state index contributed by atoms with van der Waals surface area (Å²) in [5.41, 5.74) is 4.60. The molecule has 0 aliphatic carbocycles. The predicted molar refractivity (Wildman–Crippen MR) is 127 cm³/mol. The molecule has 0 saturated carbocycles. The molecule has 5 aromatic rings. The van der Waals surface area contributed by atoms with Gasteiger partial charge in [-0.1, -0.05) is 29.8 Å². The number of aryl methyl sites for hydroxylation is 1. The van der Waals surface area contributed by atoms with Gasteiger partial charge in [0.15, 0.2) is 11.4 Å². The van der Waals surface area contributed by atoms with Crippen molar-refractivity contribution in [2.45, 2.75) is 6.92 Å². The van der Waals surface area contributed by atoms with E-state index in [2.05, 4.69) is 4.98 Å². The van der Waals surface area contributed by atoms with Crippen LogP contribution in [0.2, 0.25) is 0 Å². The molecule has 3 aromatic carbocycles. The lowest BCUT2D eigenvalue weighted by Gasteiger charge is -2.06. The van der Waals surface area contributed by atoms with E-state index in [9.17, 15) is 9.90 Å². The second kappa shape index (κ2) is 8.24. The zero-order chi connectivity index (χ0) is 22.9. The molecular weight excluding hydrogens is 414 g/mol. The van der Waals surface area contributed by atoms with Gasteiger partial charge in [-0.25, -0.2) is 9.67 Å². The highest BCUT2D eigenvalue weighted by atomic mass is 16.5. The summed E-state index contributed by atoms with van der Waals surface area (Å²) in [4.78, 5) is 17.8. The van der Waals surface area contributed by atoms with Crippen molar-refractivity contribution in [2.24, 2.45) is 0 Å². The highest BCUT2D eigenvalue weighted by Crippen LogP contribution is 2.31. The predicted octanol–water partition coefficient (Wildman–Crippen LogP) is 5.34. The molecule has 162 valence electrons. The minimum Gasteiger partial charge on any atom is -0.507 e. The number of rotatable bonds is 5. The number of pyridine rings is 1. The molecule has 0 fully saturated rings. The molecule has 2 aromatic heterocycles. The van der Waals surface area contributed by atoms with Crippen LogP contribution in [0.5, 0.6) is 11.5 Å². The first-order valence-corrected chi connectivity index (χ1v) is 10.5. The number of hydrogen-bond acceptors (Lipinski definition) is 5. The van der Waals surface area contributed by atoms with Crippen LogP contribution in [0.25, 0.3) is 28.0 Å². The summed E-state index contributed by atoms with van der Waals surface area (Å²) >= 11 is 0. The molecule has 6 nitrogen and oxygen atoms in total. The average molecular weight is 435 g/mol. The minimum absolute atomic E-state index is 0.0546. The van der Waals surface area contributed by atoms with E-state index in [0.717, 1.165) is 28.0 Å². The molecule has 0 unspecified atom stereocenters. The van der Waals surface area contributed by atoms with Gasteiger partial charge in [-0.15, -0.1) is 0 Å². The van der Waals surface area contributed by atoms with Crippen LogP contribution in [0.15, 0.2) is 85.1 Å². The van der Waals surface area contributed by atoms with Crippen LogP contribution < -0.4 is 4.74 Å². The van der Waals surface area contributed by atoms with Gasteiger partial charge in [0.25, 0.3) is 0 Å². The number of phenols is 1. The molecule has 0 amide bonds. The number of nitrogens with zero attached hydrogens (tertiary/aromatic N) is 3. The molecule has 0 saturated heterocycles. The van der Waals surface area contributed by atoms with E-state index >= 15 is 0 Å². The third-order valence-corrected chi connectivity index (χ3v) is 5.55. The summed E-state index contributed by atoms with van der Waals surface area (Å²) in [5.74, 6) is 0.397. The molecule has 0 aliphatic heterocycles. The Balaban J connectivity index is 1.70. The summed E-state index contributed by atoms with van der Waals surface area (Å²) in [6.07, 6.45) is 1.53. The van der Waals surface area contributed by atoms with Crippen LogP contribution in [-0.4, -0.2) is 32.8 Å². The number of fused-ring (bicyclic) bond motifs is 1. The standard InChI is InChI=1S/C27H21N3O3/c1-17-8-13-24(31)22(14-17)26(32)19-15-23-25(18-9-11-21(33-2)12-10-18)29-30(27(23)28-16-19)20-6-4-3-5-7-20/h3-16,31H,1-2H3. The van der Waals surface area contributed by atoms with Crippen molar-refractivity contribution in [3.63, 3.8) is 0 Å². The van der Waals surface area contributed by atoms with Crippen LogP contribution in [0.3, 0.4) is 0 Å². The maximum atomic E-state index is 13.2. The summed E-state index contributed by atoms with van der Waals surface area (Å²) in [6, 6.07) is 24.1. The molecule has 0 aliphatic rings. The Morgan fingerprint density at radius 2 is 1.73 bits per heavy atom. The smallest absolute Gasteiger partial charge is 0.198 e. The molecule has 0 bridgehead atoms. The molecule has 2 heterocycles. The first-order chi connectivity index (χ1) is 16.0. The van der Waals surface area contributed by atoms with Crippen molar-refractivity contribution in [1.29, 1.82) is 0 Å². The summed E-state index contributed by atoms with van der Waals surface area (Å²) in [6.45, 7) is 1.88. The third kappa shape index (κ3) is 3.72. The first-order valence-electron chi connectivity index (χ1n) is 10.5. The highest BCUT2D eigenvalue weighted by Gasteiger charge is 2.20. The largest absolute Gasteiger partial charge is 0.507 e. The molecule has 0 spiro atoms. The van der Waals surface area contributed by atoms with Gasteiger partial charge in [-0.3, -0.25) is 4.79 Å². The van der Waals surface area contributed by atoms with Crippen molar-refractivity contribution in [2.75, 3.05) is 7.11 Å². The number of carbonyl (C=O) groups excluding carboxylic acids is 1. The number of ketones is 1. The van der Waals surface area contributed by atoms with Crippen molar-refractivity contribution < 1.29 is 14.6 Å². The third-order valence-electron chi connectivity index (χ3n) is 5.55. The van der Waals surface area contributed by atoms with Crippen LogP contribution in [0, 0.1) is 6.92 Å². The lowest BCUT2D eigenvalue weighted by Crippen LogP contribution is -2.04. The Kier molecular flexibility index (Phi) is 5.11. The molecule has 6 heteroatoms. The molecule has 33 heavy (non-hydrogen) atoms. The summed E-state index contributed by atoms with van der Waals surface area (Å²) in [7, 11) is 1.62. The Bertz CT molecular complexity index is 1470. The summed E-state index contributed by atoms with van der Waals surface area (Å²) < 4.78 is 7.05. The van der Waals surface area contributed by atoms with Crippen LogP contribution in [0.4, 0.5) is 0 Å². The van der Waals surface area contributed by atoms with Gasteiger partial charge >= 0.3 is 0 Å². The Morgan fingerprint density at radius 3 is 2.45 bits per heavy atom. The molecule has 1 N–H and O–H groups in total. The number of aromatic nitrogens is 3. The van der Waals surface area contributed by atoms with Crippen LogP contribution >= 0.6 is 0 Å². The second-order valence-electron chi connectivity index (χ2n) is 7.77. The average Bonchev–Trinajstić information content (AvgIpc) is 3.24. The fourth-order valence-corrected chi connectivity index (χ4v) is 3.82. The number of phenolic OH excluding ortho intramolecular Hbond substituents is 1. The van der Waals surface area contributed by atoms with Gasteiger partial charge in [-0.05, 0) is 61.5 Å². The van der Waals surface area contributed by atoms with Crippen LogP contribution in [-0.2, 0) is 0 Å². The van der Waals surface area contributed by atoms with Crippen LogP contribution in [0.1, 0.15) is 21.5 Å². The fourth-order valence-electron chi connectivity index (χ4n) is 3.82. The van der Waals surface area contributed by atoms with E-state index in [0.29, 0.717) is 16.9 Å². The Labute approximate surface area is 190 Å². The zero-order valence-electron chi connectivity index (χ0n) is 18.2. The molecule has 5 rings (SSSR count). The maximum Gasteiger partial charge on any atom is 0.198 e. The number of ether oxygens (including phenoxy) is 1. The van der Waals surface area contributed by atoms with Crippen molar-refractivity contribution in [1.82, 2.24) is 14.8 Å². The monoisotopic (exact) mass is 435 g/mol. The summed E-state index contributed by atoms with van der Waals surface area (Å²) in [5, 5.41) is 15.8. The van der Waals surface area contributed by atoms with Gasteiger partial charge in [0, 0.05) is 22.7 Å². The van der Waals surface area contributed by atoms with Gasteiger partial charge in [0.1, 0.15) is 17.2 Å². The minimum atomic E-state index is -0.293. The number of benzene rings is 3. The number of hydrogen-bond donors (Lipinski definition) is 1. The van der Waals surface area contributed by atoms with E-state index in [4.69, 9.17) is 9.84 Å². The second-order valence-corrected chi connectivity index (χ2v) is 7.77. The van der Waals surface area contributed by atoms with E-state index in [1.165, 1.54) is 12.3 Å². The molecular formula is C27H21N3O3. The molecule has 0 atom stereocenters. The quantitative estimate of drug-likeness (QED) is 0.377. The number of aromatic hydroxyl groups is 1. The van der Waals surface area contributed by atoms with Gasteiger partial charge in [0.2, 0.25) is 0 Å². The zero-order valence-corrected chi connectivity index (χ0v) is 18.2. The van der Waals surface area contributed by atoms with Gasteiger partial charge in [0.05, 0.1) is 18.4 Å². The van der Waals surface area contributed by atoms with Gasteiger partial charge in [-0.2, -0.15) is 5.10 Å². The van der Waals surface area contributed by atoms with Crippen molar-refractivity contribution in [3.05, 3.63) is 102 Å². The topological polar surface area (TPSA) is 77.2 Å². The number of carbonyl (C=O) groups is 1. The fraction of sp³-hybridized carbons (Fsp3) is 0.0741. The normalized spacial score (nSPS) is 11.0. The number of para-hydroxylation sites is 1. The lowest BCUT2D eigenvalue weighted by atomic mass is 10.0. The van der Waals surface area contributed by atoms with E-state index in [-0.39, 0.29) is 17.1 Å². The number of methoxy groups -OCH3 is 1. The Morgan fingerprint density at radius 1 is 0.970 bits per heavy atom. The lowest BCUT2D eigenvalue weighted by molar-refractivity contribution is 0.103. The van der Waals surface area contributed by atoms with E-state index < -0.39 is 0 Å². The van der Waals surface area contributed by atoms with Gasteiger partial charge < -0.3 is 9.84 Å². The first kappa shape index (κ1) is 20.5. The SMILES string of the molecule is COc1ccc(-c2nn(-c3ccccc3)c3ncc(C(=O)c4cc(C)ccc4O)cc23)cc1. The maximum absolute atomic E-state index is 13.2. The van der Waals surface area contributed by atoms with Crippen molar-refractivity contribution >= 4 is 16.8 Å².